The van der Waals surface area contributed by atoms with Crippen LogP contribution in [0.3, 0.4) is 0 Å². The zero-order chi connectivity index (χ0) is 22.8. The summed E-state index contributed by atoms with van der Waals surface area (Å²) >= 11 is 6.92. The molecule has 0 aliphatic carbocycles. The van der Waals surface area contributed by atoms with Crippen LogP contribution >= 0.6 is 11.6 Å². The van der Waals surface area contributed by atoms with Crippen LogP contribution in [0.25, 0.3) is 33.5 Å². The number of fused-ring (bicyclic) bond motifs is 1. The highest BCUT2D eigenvalue weighted by Gasteiger charge is 2.24. The van der Waals surface area contributed by atoms with Gasteiger partial charge in [-0.2, -0.15) is 5.10 Å². The Hall–Kier alpha value is -3.25. The van der Waals surface area contributed by atoms with Gasteiger partial charge in [0.25, 0.3) is 0 Å². The molecule has 5 rings (SSSR count). The van der Waals surface area contributed by atoms with Crippen molar-refractivity contribution >= 4 is 28.5 Å². The van der Waals surface area contributed by atoms with Crippen LogP contribution in [0, 0.1) is 5.92 Å². The molecule has 0 saturated carbocycles. The molecule has 0 radical (unpaired) electrons. The van der Waals surface area contributed by atoms with Gasteiger partial charge in [0.15, 0.2) is 5.65 Å². The predicted molar refractivity (Wildman–Crippen MR) is 131 cm³/mol. The highest BCUT2D eigenvalue weighted by atomic mass is 35.5. The predicted octanol–water partition coefficient (Wildman–Crippen LogP) is 5.46. The van der Waals surface area contributed by atoms with Crippen molar-refractivity contribution in [2.45, 2.75) is 32.7 Å². The molecule has 6 nitrogen and oxygen atoms in total. The van der Waals surface area contributed by atoms with E-state index in [-0.39, 0.29) is 12.5 Å². The fraction of sp³-hybridized carbons (Fsp3) is 0.308. The van der Waals surface area contributed by atoms with Gasteiger partial charge in [0, 0.05) is 24.2 Å². The van der Waals surface area contributed by atoms with E-state index in [1.807, 2.05) is 65.6 Å². The lowest BCUT2D eigenvalue weighted by atomic mass is 10.0. The molecule has 0 spiro atoms. The minimum atomic E-state index is 0.0539. The van der Waals surface area contributed by atoms with E-state index >= 15 is 0 Å². The zero-order valence-corrected chi connectivity index (χ0v) is 19.4. The summed E-state index contributed by atoms with van der Waals surface area (Å²) in [4.78, 5) is 15.1. The standard InChI is InChI=1S/C26H26ClN5O/c1-18-9-8-15-31(16-14-18)21(33)17-32-26-22(24(30-32)19-10-4-2-5-11-19)23(27)25(28-29-26)20-12-6-3-7-13-20/h2-7,10-13,18H,8-9,14-17H2,1H3. The molecule has 7 heteroatoms. The number of carbonyl (C=O) groups excluding carboxylic acids is 1. The number of rotatable bonds is 4. The number of likely N-dealkylation sites (tertiary alicyclic amines) is 1. The molecule has 2 aromatic carbocycles. The minimum Gasteiger partial charge on any atom is -0.341 e. The Bertz CT molecular complexity index is 1270. The van der Waals surface area contributed by atoms with Gasteiger partial charge in [-0.15, -0.1) is 10.2 Å². The summed E-state index contributed by atoms with van der Waals surface area (Å²) < 4.78 is 1.65. The Kier molecular flexibility index (Phi) is 6.09. The largest absolute Gasteiger partial charge is 0.341 e. The van der Waals surface area contributed by atoms with Crippen LogP contribution in [0.2, 0.25) is 5.02 Å². The number of halogens is 1. The number of carbonyl (C=O) groups is 1. The van der Waals surface area contributed by atoms with Crippen LogP contribution in [0.1, 0.15) is 26.2 Å². The quantitative estimate of drug-likeness (QED) is 0.406. The van der Waals surface area contributed by atoms with E-state index in [9.17, 15) is 4.79 Å². The van der Waals surface area contributed by atoms with Crippen LogP contribution in [0.5, 0.6) is 0 Å². The Balaban J connectivity index is 1.58. The van der Waals surface area contributed by atoms with Gasteiger partial charge < -0.3 is 4.90 Å². The Morgan fingerprint density at radius 1 is 0.939 bits per heavy atom. The molecule has 1 fully saturated rings. The number of hydrogen-bond donors (Lipinski definition) is 0. The number of hydrogen-bond acceptors (Lipinski definition) is 4. The van der Waals surface area contributed by atoms with Crippen LogP contribution in [-0.2, 0) is 11.3 Å². The van der Waals surface area contributed by atoms with E-state index in [0.717, 1.165) is 43.5 Å². The second-order valence-corrected chi connectivity index (χ2v) is 9.09. The molecular weight excluding hydrogens is 434 g/mol. The summed E-state index contributed by atoms with van der Waals surface area (Å²) in [5.74, 6) is 0.706. The molecule has 4 aromatic rings. The maximum Gasteiger partial charge on any atom is 0.244 e. The lowest BCUT2D eigenvalue weighted by molar-refractivity contribution is -0.131. The molecule has 1 atom stereocenters. The fourth-order valence-electron chi connectivity index (χ4n) is 4.45. The molecule has 2 aromatic heterocycles. The van der Waals surface area contributed by atoms with E-state index in [2.05, 4.69) is 17.1 Å². The molecular formula is C26H26ClN5O. The zero-order valence-electron chi connectivity index (χ0n) is 18.6. The summed E-state index contributed by atoms with van der Waals surface area (Å²) in [6.45, 7) is 3.95. The molecule has 3 heterocycles. The summed E-state index contributed by atoms with van der Waals surface area (Å²) in [6, 6.07) is 19.6. The van der Waals surface area contributed by atoms with Gasteiger partial charge in [0.1, 0.15) is 17.9 Å². The van der Waals surface area contributed by atoms with Gasteiger partial charge >= 0.3 is 0 Å². The first-order valence-electron chi connectivity index (χ1n) is 11.4. The molecule has 0 bridgehead atoms. The number of aromatic nitrogens is 4. The second-order valence-electron chi connectivity index (χ2n) is 8.72. The molecule has 33 heavy (non-hydrogen) atoms. The van der Waals surface area contributed by atoms with Crippen LogP contribution in [0.4, 0.5) is 0 Å². The molecule has 1 unspecified atom stereocenters. The summed E-state index contributed by atoms with van der Waals surface area (Å²) in [5.41, 5.74) is 3.65. The first-order chi connectivity index (χ1) is 16.1. The molecule has 1 aliphatic rings. The molecule has 168 valence electrons. The van der Waals surface area contributed by atoms with Crippen molar-refractivity contribution in [1.82, 2.24) is 24.9 Å². The normalized spacial score (nSPS) is 16.7. The lowest BCUT2D eigenvalue weighted by Crippen LogP contribution is -2.35. The van der Waals surface area contributed by atoms with E-state index < -0.39 is 0 Å². The smallest absolute Gasteiger partial charge is 0.244 e. The lowest BCUT2D eigenvalue weighted by Gasteiger charge is -2.20. The monoisotopic (exact) mass is 459 g/mol. The third-order valence-corrected chi connectivity index (χ3v) is 6.71. The van der Waals surface area contributed by atoms with Gasteiger partial charge in [0.05, 0.1) is 10.4 Å². The molecule has 1 amide bonds. The second kappa shape index (κ2) is 9.32. The molecule has 1 aliphatic heterocycles. The highest BCUT2D eigenvalue weighted by Crippen LogP contribution is 2.37. The van der Waals surface area contributed by atoms with Gasteiger partial charge in [-0.25, -0.2) is 4.68 Å². The fourth-order valence-corrected chi connectivity index (χ4v) is 4.77. The van der Waals surface area contributed by atoms with Crippen molar-refractivity contribution in [1.29, 1.82) is 0 Å². The topological polar surface area (TPSA) is 63.9 Å². The highest BCUT2D eigenvalue weighted by molar-refractivity contribution is 6.38. The van der Waals surface area contributed by atoms with Crippen molar-refractivity contribution < 1.29 is 4.79 Å². The summed E-state index contributed by atoms with van der Waals surface area (Å²) in [5, 5.41) is 14.9. The van der Waals surface area contributed by atoms with Crippen molar-refractivity contribution in [3.05, 3.63) is 65.7 Å². The van der Waals surface area contributed by atoms with Crippen molar-refractivity contribution in [2.75, 3.05) is 13.1 Å². The number of nitrogens with zero attached hydrogens (tertiary/aromatic N) is 5. The number of benzene rings is 2. The third kappa shape index (κ3) is 4.35. The maximum absolute atomic E-state index is 13.2. The SMILES string of the molecule is CC1CCCN(C(=O)Cn2nc(-c3ccccc3)c3c(Cl)c(-c4ccccc4)nnc32)CC1. The van der Waals surface area contributed by atoms with Gasteiger partial charge in [-0.1, -0.05) is 79.2 Å². The maximum atomic E-state index is 13.2. The van der Waals surface area contributed by atoms with E-state index in [1.165, 1.54) is 0 Å². The first kappa shape index (κ1) is 21.6. The first-order valence-corrected chi connectivity index (χ1v) is 11.8. The van der Waals surface area contributed by atoms with Crippen LogP contribution in [-0.4, -0.2) is 43.9 Å². The van der Waals surface area contributed by atoms with Crippen molar-refractivity contribution in [3.63, 3.8) is 0 Å². The van der Waals surface area contributed by atoms with Gasteiger partial charge in [0.2, 0.25) is 5.91 Å². The van der Waals surface area contributed by atoms with Crippen molar-refractivity contribution in [3.8, 4) is 22.5 Å². The average molecular weight is 460 g/mol. The van der Waals surface area contributed by atoms with E-state index in [4.69, 9.17) is 16.7 Å². The third-order valence-electron chi connectivity index (χ3n) is 6.35. The molecule has 0 N–H and O–H groups in total. The Labute approximate surface area is 198 Å². The minimum absolute atomic E-state index is 0.0539. The average Bonchev–Trinajstić information content (AvgIpc) is 3.06. The van der Waals surface area contributed by atoms with Crippen LogP contribution < -0.4 is 0 Å². The number of amides is 1. The van der Waals surface area contributed by atoms with Crippen molar-refractivity contribution in [2.24, 2.45) is 5.92 Å². The summed E-state index contributed by atoms with van der Waals surface area (Å²) in [7, 11) is 0. The Morgan fingerprint density at radius 3 is 2.30 bits per heavy atom. The van der Waals surface area contributed by atoms with Crippen LogP contribution in [0.15, 0.2) is 60.7 Å². The molecule has 1 saturated heterocycles. The van der Waals surface area contributed by atoms with E-state index in [0.29, 0.717) is 33.4 Å². The Morgan fingerprint density at radius 2 is 1.61 bits per heavy atom. The van der Waals surface area contributed by atoms with Gasteiger partial charge in [-0.05, 0) is 25.2 Å². The summed E-state index contributed by atoms with van der Waals surface area (Å²) in [6.07, 6.45) is 3.23. The van der Waals surface area contributed by atoms with Gasteiger partial charge in [-0.3, -0.25) is 4.79 Å². The van der Waals surface area contributed by atoms with E-state index in [1.54, 1.807) is 4.68 Å².